The Balaban J connectivity index is 1.37. The number of carbonyl (C=O) groups excluding carboxylic acids is 1. The number of thiophene rings is 1. The Morgan fingerprint density at radius 2 is 1.83 bits per heavy atom. The van der Waals surface area contributed by atoms with Crippen LogP contribution >= 0.6 is 11.3 Å². The van der Waals surface area contributed by atoms with Crippen LogP contribution in [0.25, 0.3) is 10.1 Å². The van der Waals surface area contributed by atoms with Crippen molar-refractivity contribution in [2.24, 2.45) is 0 Å². The zero-order valence-electron chi connectivity index (χ0n) is 16.6. The average molecular weight is 440 g/mol. The topological polar surface area (TPSA) is 88.2 Å². The van der Waals surface area contributed by atoms with Crippen LogP contribution in [0.3, 0.4) is 0 Å². The molecule has 1 N–H and O–H groups in total. The molecule has 2 aromatic rings. The molecular weight excluding hydrogens is 414 g/mol. The summed E-state index contributed by atoms with van der Waals surface area (Å²) in [5.41, 5.74) is 1.16. The summed E-state index contributed by atoms with van der Waals surface area (Å²) in [6, 6.07) is 7.75. The molecule has 8 nitrogen and oxygen atoms in total. The lowest BCUT2D eigenvalue weighted by molar-refractivity contribution is -0.00461. The van der Waals surface area contributed by atoms with Crippen LogP contribution in [-0.4, -0.2) is 81.6 Å². The minimum Gasteiger partial charge on any atom is -0.372 e. The monoisotopic (exact) mass is 439 g/mol. The molecule has 10 heteroatoms. The first kappa shape index (κ1) is 20.7. The van der Waals surface area contributed by atoms with Crippen LogP contribution in [0.15, 0.2) is 24.3 Å². The molecule has 4 rings (SSSR count). The Bertz CT molecular complexity index is 1000. The van der Waals surface area contributed by atoms with Gasteiger partial charge in [0.2, 0.25) is 0 Å². The molecule has 0 bridgehead atoms. The second-order valence-electron chi connectivity index (χ2n) is 7.67. The highest BCUT2D eigenvalue weighted by molar-refractivity contribution is 7.86. The van der Waals surface area contributed by atoms with Crippen LogP contribution in [0.2, 0.25) is 0 Å². The Morgan fingerprint density at radius 3 is 2.45 bits per heavy atom. The van der Waals surface area contributed by atoms with Crippen LogP contribution < -0.4 is 5.32 Å². The standard InChI is InChI=1S/C19H25N3O5S2/c1-12-4-5-17-13(6-12)7-18(28-17)19(23)20-14-10-26-15-8-22(9-16(15)27-11-14)29(24,25)21(2)3/h4-7,14-16H,8-11H2,1-3H3,(H,20,23)/t15-,16-/m0/s1. The van der Waals surface area contributed by atoms with Gasteiger partial charge in [-0.1, -0.05) is 17.7 Å². The summed E-state index contributed by atoms with van der Waals surface area (Å²) >= 11 is 1.46. The van der Waals surface area contributed by atoms with Gasteiger partial charge in [0.05, 0.1) is 36.3 Å². The summed E-state index contributed by atoms with van der Waals surface area (Å²) < 4.78 is 40.0. The summed E-state index contributed by atoms with van der Waals surface area (Å²) in [4.78, 5) is 13.3. The molecule has 0 radical (unpaired) electrons. The van der Waals surface area contributed by atoms with E-state index in [9.17, 15) is 13.2 Å². The predicted molar refractivity (Wildman–Crippen MR) is 111 cm³/mol. The lowest BCUT2D eigenvalue weighted by Gasteiger charge is -2.21. The molecule has 0 aliphatic carbocycles. The van der Waals surface area contributed by atoms with E-state index in [2.05, 4.69) is 11.4 Å². The molecule has 0 saturated carbocycles. The maximum Gasteiger partial charge on any atom is 0.281 e. The third-order valence-corrected chi connectivity index (χ3v) is 8.21. The summed E-state index contributed by atoms with van der Waals surface area (Å²) in [5, 5.41) is 4.04. The normalized spacial score (nSPS) is 24.0. The first-order chi connectivity index (χ1) is 13.7. The van der Waals surface area contributed by atoms with E-state index in [-0.39, 0.29) is 50.5 Å². The molecule has 3 heterocycles. The molecule has 2 atom stereocenters. The van der Waals surface area contributed by atoms with Gasteiger partial charge in [0, 0.05) is 31.9 Å². The third kappa shape index (κ3) is 4.18. The van der Waals surface area contributed by atoms with E-state index in [1.165, 1.54) is 34.0 Å². The number of hydrogen-bond donors (Lipinski definition) is 1. The van der Waals surface area contributed by atoms with Gasteiger partial charge in [-0.3, -0.25) is 4.79 Å². The first-order valence-corrected chi connectivity index (χ1v) is 11.7. The van der Waals surface area contributed by atoms with E-state index in [1.807, 2.05) is 25.1 Å². The van der Waals surface area contributed by atoms with E-state index in [4.69, 9.17) is 9.47 Å². The van der Waals surface area contributed by atoms with E-state index < -0.39 is 10.2 Å². The molecule has 0 spiro atoms. The van der Waals surface area contributed by atoms with E-state index in [1.54, 1.807) is 0 Å². The second kappa shape index (κ2) is 7.93. The van der Waals surface area contributed by atoms with E-state index in [0.29, 0.717) is 4.88 Å². The Hall–Kier alpha value is -1.56. The number of carbonyl (C=O) groups is 1. The van der Waals surface area contributed by atoms with Gasteiger partial charge in [-0.2, -0.15) is 17.0 Å². The lowest BCUT2D eigenvalue weighted by atomic mass is 10.2. The third-order valence-electron chi connectivity index (χ3n) is 5.22. The molecule has 2 fully saturated rings. The Labute approximate surface area is 174 Å². The molecule has 158 valence electrons. The number of benzene rings is 1. The molecule has 2 aliphatic rings. The molecule has 1 amide bonds. The predicted octanol–water partition coefficient (Wildman–Crippen LogP) is 1.21. The quantitative estimate of drug-likeness (QED) is 0.774. The smallest absolute Gasteiger partial charge is 0.281 e. The van der Waals surface area contributed by atoms with Crippen LogP contribution in [0, 0.1) is 6.92 Å². The first-order valence-electron chi connectivity index (χ1n) is 9.46. The highest BCUT2D eigenvalue weighted by Gasteiger charge is 2.43. The summed E-state index contributed by atoms with van der Waals surface area (Å²) in [6.07, 6.45) is -0.669. The Kier molecular flexibility index (Phi) is 5.66. The molecule has 1 aromatic carbocycles. The minimum atomic E-state index is -3.49. The molecule has 29 heavy (non-hydrogen) atoms. The van der Waals surface area contributed by atoms with Crippen molar-refractivity contribution in [1.29, 1.82) is 0 Å². The average Bonchev–Trinajstić information content (AvgIpc) is 3.23. The number of fused-ring (bicyclic) bond motifs is 2. The van der Waals surface area contributed by atoms with Crippen molar-refractivity contribution < 1.29 is 22.7 Å². The van der Waals surface area contributed by atoms with E-state index >= 15 is 0 Å². The van der Waals surface area contributed by atoms with Crippen LogP contribution in [0.4, 0.5) is 0 Å². The number of rotatable bonds is 4. The summed E-state index contributed by atoms with van der Waals surface area (Å²) in [5.74, 6) is -0.148. The molecule has 0 unspecified atom stereocenters. The molecule has 1 aromatic heterocycles. The SMILES string of the molecule is Cc1ccc2sc(C(=O)NC3CO[C@H]4CN(S(=O)(=O)N(C)C)C[C@@H]4OC3)cc2c1. The molecule has 2 aliphatic heterocycles. The van der Waals surface area contributed by atoms with Gasteiger partial charge in [0.15, 0.2) is 0 Å². The van der Waals surface area contributed by atoms with Crippen LogP contribution in [0.1, 0.15) is 15.2 Å². The maximum atomic E-state index is 12.7. The fourth-order valence-corrected chi connectivity index (χ4v) is 5.67. The maximum absolute atomic E-state index is 12.7. The van der Waals surface area contributed by atoms with Gasteiger partial charge in [-0.05, 0) is 24.4 Å². The zero-order chi connectivity index (χ0) is 20.8. The van der Waals surface area contributed by atoms with Gasteiger partial charge in [0.25, 0.3) is 16.1 Å². The van der Waals surface area contributed by atoms with Crippen molar-refractivity contribution in [3.05, 3.63) is 34.7 Å². The number of nitrogens with zero attached hydrogens (tertiary/aromatic N) is 2. The van der Waals surface area contributed by atoms with Gasteiger partial charge in [-0.15, -0.1) is 11.3 Å². The second-order valence-corrected chi connectivity index (χ2v) is 10.9. The van der Waals surface area contributed by atoms with Gasteiger partial charge in [0.1, 0.15) is 0 Å². The Morgan fingerprint density at radius 1 is 1.17 bits per heavy atom. The highest BCUT2D eigenvalue weighted by Crippen LogP contribution is 2.27. The largest absolute Gasteiger partial charge is 0.372 e. The lowest BCUT2D eigenvalue weighted by Crippen LogP contribution is -2.42. The number of amides is 1. The fraction of sp³-hybridized carbons (Fsp3) is 0.526. The van der Waals surface area contributed by atoms with Gasteiger partial charge < -0.3 is 14.8 Å². The zero-order valence-corrected chi connectivity index (χ0v) is 18.3. The molecule has 2 saturated heterocycles. The minimum absolute atomic E-state index is 0.148. The van der Waals surface area contributed by atoms with E-state index in [0.717, 1.165) is 15.6 Å². The summed E-state index contributed by atoms with van der Waals surface area (Å²) in [7, 11) is -0.481. The number of ether oxygens (including phenoxy) is 2. The van der Waals surface area contributed by atoms with Gasteiger partial charge >= 0.3 is 0 Å². The van der Waals surface area contributed by atoms with Crippen LogP contribution in [-0.2, 0) is 19.7 Å². The fourth-order valence-electron chi connectivity index (χ4n) is 3.59. The highest BCUT2D eigenvalue weighted by atomic mass is 32.2. The van der Waals surface area contributed by atoms with Crippen molar-refractivity contribution in [2.45, 2.75) is 25.2 Å². The van der Waals surface area contributed by atoms with Gasteiger partial charge in [-0.25, -0.2) is 0 Å². The van der Waals surface area contributed by atoms with Crippen molar-refractivity contribution in [3.63, 3.8) is 0 Å². The number of hydrogen-bond acceptors (Lipinski definition) is 6. The number of aryl methyl sites for hydroxylation is 1. The summed E-state index contributed by atoms with van der Waals surface area (Å²) in [6.45, 7) is 3.10. The van der Waals surface area contributed by atoms with Crippen molar-refractivity contribution in [2.75, 3.05) is 40.4 Å². The molecular formula is C19H25N3O5S2. The number of nitrogens with one attached hydrogen (secondary N) is 1. The van der Waals surface area contributed by atoms with Crippen molar-refractivity contribution in [3.8, 4) is 0 Å². The van der Waals surface area contributed by atoms with Crippen molar-refractivity contribution >= 4 is 37.5 Å². The van der Waals surface area contributed by atoms with Crippen LogP contribution in [0.5, 0.6) is 0 Å². The van der Waals surface area contributed by atoms with Crippen molar-refractivity contribution in [1.82, 2.24) is 13.9 Å².